The van der Waals surface area contributed by atoms with Crippen LogP contribution in [0.2, 0.25) is 0 Å². The van der Waals surface area contributed by atoms with Crippen LogP contribution < -0.4 is 5.73 Å². The Balaban J connectivity index is 1.56. The summed E-state index contributed by atoms with van der Waals surface area (Å²) >= 11 is 0. The summed E-state index contributed by atoms with van der Waals surface area (Å²) in [5, 5.41) is 13.4. The lowest BCUT2D eigenvalue weighted by atomic mass is 10.1. The Labute approximate surface area is 108 Å². The van der Waals surface area contributed by atoms with Crippen LogP contribution in [0.25, 0.3) is 0 Å². The van der Waals surface area contributed by atoms with E-state index in [2.05, 4.69) is 10.1 Å². The molecule has 2 aliphatic heterocycles. The maximum absolute atomic E-state index is 10.8. The SMILES string of the molecule is NC(=O)c1ncn(CO[C@@H]2CO[C@H]3[C@@H]2OC[C@@H]3O)n1. The van der Waals surface area contributed by atoms with Crippen LogP contribution in [0.15, 0.2) is 6.33 Å². The van der Waals surface area contributed by atoms with Gasteiger partial charge < -0.3 is 25.1 Å². The van der Waals surface area contributed by atoms with Gasteiger partial charge in [0.2, 0.25) is 5.82 Å². The summed E-state index contributed by atoms with van der Waals surface area (Å²) in [6, 6.07) is 0. The fourth-order valence-electron chi connectivity index (χ4n) is 2.23. The van der Waals surface area contributed by atoms with Gasteiger partial charge in [0.25, 0.3) is 5.91 Å². The number of aliphatic hydroxyl groups is 1. The molecule has 0 saturated carbocycles. The molecule has 1 aromatic rings. The van der Waals surface area contributed by atoms with Crippen molar-refractivity contribution in [3.05, 3.63) is 12.2 Å². The molecule has 19 heavy (non-hydrogen) atoms. The number of aromatic nitrogens is 3. The van der Waals surface area contributed by atoms with Crippen LogP contribution in [0, 0.1) is 0 Å². The van der Waals surface area contributed by atoms with Crippen LogP contribution in [0.5, 0.6) is 0 Å². The summed E-state index contributed by atoms with van der Waals surface area (Å²) in [6.45, 7) is 0.713. The van der Waals surface area contributed by atoms with Gasteiger partial charge in [-0.25, -0.2) is 9.67 Å². The molecule has 3 heterocycles. The van der Waals surface area contributed by atoms with Crippen LogP contribution in [0.3, 0.4) is 0 Å². The third-order valence-corrected chi connectivity index (χ3v) is 3.16. The van der Waals surface area contributed by atoms with E-state index in [-0.39, 0.29) is 37.5 Å². The molecule has 3 N–H and O–H groups in total. The first-order valence-electron chi connectivity index (χ1n) is 5.87. The predicted molar refractivity (Wildman–Crippen MR) is 58.9 cm³/mol. The Morgan fingerprint density at radius 3 is 3.05 bits per heavy atom. The number of aliphatic hydroxyl groups excluding tert-OH is 1. The maximum Gasteiger partial charge on any atom is 0.288 e. The number of carbonyl (C=O) groups excluding carboxylic acids is 1. The van der Waals surface area contributed by atoms with Crippen molar-refractivity contribution in [1.29, 1.82) is 0 Å². The highest BCUT2D eigenvalue weighted by molar-refractivity contribution is 5.88. The molecule has 0 bridgehead atoms. The summed E-state index contributed by atoms with van der Waals surface area (Å²) in [5.74, 6) is -0.748. The molecule has 0 aliphatic carbocycles. The number of fused-ring (bicyclic) bond motifs is 1. The van der Waals surface area contributed by atoms with Gasteiger partial charge in [-0.1, -0.05) is 0 Å². The Morgan fingerprint density at radius 1 is 1.53 bits per heavy atom. The number of rotatable bonds is 4. The second-order valence-corrected chi connectivity index (χ2v) is 4.47. The molecule has 3 rings (SSSR count). The minimum absolute atomic E-state index is 0.0586. The zero-order chi connectivity index (χ0) is 13.4. The molecule has 9 nitrogen and oxygen atoms in total. The number of amides is 1. The van der Waals surface area contributed by atoms with Crippen molar-refractivity contribution in [3.63, 3.8) is 0 Å². The quantitative estimate of drug-likeness (QED) is 0.641. The van der Waals surface area contributed by atoms with Gasteiger partial charge in [0, 0.05) is 0 Å². The van der Waals surface area contributed by atoms with Gasteiger partial charge in [0.15, 0.2) is 0 Å². The number of carbonyl (C=O) groups is 1. The van der Waals surface area contributed by atoms with E-state index in [1.807, 2.05) is 0 Å². The van der Waals surface area contributed by atoms with Crippen LogP contribution in [-0.4, -0.2) is 63.4 Å². The maximum atomic E-state index is 10.8. The monoisotopic (exact) mass is 270 g/mol. The molecule has 0 unspecified atom stereocenters. The first kappa shape index (κ1) is 12.5. The van der Waals surface area contributed by atoms with Gasteiger partial charge in [-0.2, -0.15) is 0 Å². The summed E-state index contributed by atoms with van der Waals surface area (Å²) in [6.07, 6.45) is -0.122. The molecular formula is C10H14N4O5. The first-order chi connectivity index (χ1) is 9.15. The Morgan fingerprint density at radius 2 is 2.32 bits per heavy atom. The number of hydrogen-bond donors (Lipinski definition) is 2. The lowest BCUT2D eigenvalue weighted by molar-refractivity contribution is -0.0642. The minimum atomic E-state index is -0.690. The Bertz CT molecular complexity index is 478. The van der Waals surface area contributed by atoms with Crippen molar-refractivity contribution >= 4 is 5.91 Å². The molecule has 4 atom stereocenters. The van der Waals surface area contributed by atoms with Crippen LogP contribution in [-0.2, 0) is 20.9 Å². The highest BCUT2D eigenvalue weighted by atomic mass is 16.6. The highest BCUT2D eigenvalue weighted by Gasteiger charge is 2.47. The fourth-order valence-corrected chi connectivity index (χ4v) is 2.23. The van der Waals surface area contributed by atoms with E-state index in [0.717, 1.165) is 0 Å². The molecule has 9 heteroatoms. The lowest BCUT2D eigenvalue weighted by Gasteiger charge is -2.16. The van der Waals surface area contributed by atoms with E-state index in [0.29, 0.717) is 6.61 Å². The average molecular weight is 270 g/mol. The van der Waals surface area contributed by atoms with Gasteiger partial charge in [0.05, 0.1) is 13.2 Å². The second kappa shape index (κ2) is 4.85. The van der Waals surface area contributed by atoms with Crippen molar-refractivity contribution in [2.24, 2.45) is 5.73 Å². The van der Waals surface area contributed by atoms with E-state index in [9.17, 15) is 9.90 Å². The molecule has 0 aromatic carbocycles. The lowest BCUT2D eigenvalue weighted by Crippen LogP contribution is -2.33. The topological polar surface area (TPSA) is 122 Å². The normalized spacial score (nSPS) is 33.5. The highest BCUT2D eigenvalue weighted by Crippen LogP contribution is 2.28. The van der Waals surface area contributed by atoms with E-state index >= 15 is 0 Å². The van der Waals surface area contributed by atoms with E-state index in [1.54, 1.807) is 0 Å². The van der Waals surface area contributed by atoms with E-state index in [1.165, 1.54) is 11.0 Å². The van der Waals surface area contributed by atoms with E-state index in [4.69, 9.17) is 19.9 Å². The number of nitrogens with two attached hydrogens (primary N) is 1. The van der Waals surface area contributed by atoms with Crippen molar-refractivity contribution in [2.45, 2.75) is 31.1 Å². The largest absolute Gasteiger partial charge is 0.388 e. The number of hydrogen-bond acceptors (Lipinski definition) is 7. The second-order valence-electron chi connectivity index (χ2n) is 4.47. The summed E-state index contributed by atoms with van der Waals surface area (Å²) in [7, 11) is 0. The first-order valence-corrected chi connectivity index (χ1v) is 5.87. The average Bonchev–Trinajstić information content (AvgIpc) is 3.05. The summed E-state index contributed by atoms with van der Waals surface area (Å²) < 4.78 is 17.8. The number of nitrogens with zero attached hydrogens (tertiary/aromatic N) is 3. The van der Waals surface area contributed by atoms with Gasteiger partial charge in [-0.3, -0.25) is 4.79 Å². The summed E-state index contributed by atoms with van der Waals surface area (Å²) in [5.41, 5.74) is 5.04. The molecule has 2 saturated heterocycles. The standard InChI is InChI=1S/C10H14N4O5/c11-9(16)10-12-3-14(13-10)4-19-6-2-18-7-5(15)1-17-8(6)7/h3,5-8,15H,1-2,4H2,(H2,11,16)/t5-,6+,7+,8+/m0/s1. The van der Waals surface area contributed by atoms with Crippen molar-refractivity contribution in [1.82, 2.24) is 14.8 Å². The molecule has 0 radical (unpaired) electrons. The molecule has 0 spiro atoms. The Kier molecular flexibility index (Phi) is 3.19. The third-order valence-electron chi connectivity index (χ3n) is 3.16. The molecule has 2 fully saturated rings. The number of primary amides is 1. The van der Waals surface area contributed by atoms with Crippen LogP contribution in [0.4, 0.5) is 0 Å². The zero-order valence-corrected chi connectivity index (χ0v) is 10.0. The molecule has 104 valence electrons. The smallest absolute Gasteiger partial charge is 0.288 e. The van der Waals surface area contributed by atoms with Crippen molar-refractivity contribution in [3.8, 4) is 0 Å². The van der Waals surface area contributed by atoms with Crippen LogP contribution in [0.1, 0.15) is 10.6 Å². The Hall–Kier alpha value is -1.55. The minimum Gasteiger partial charge on any atom is -0.388 e. The van der Waals surface area contributed by atoms with Crippen molar-refractivity contribution < 1.29 is 24.1 Å². The molecule has 2 aliphatic rings. The predicted octanol–water partition coefficient (Wildman–Crippen LogP) is -2.12. The van der Waals surface area contributed by atoms with Gasteiger partial charge >= 0.3 is 0 Å². The van der Waals surface area contributed by atoms with E-state index < -0.39 is 12.0 Å². The van der Waals surface area contributed by atoms with Crippen molar-refractivity contribution in [2.75, 3.05) is 13.2 Å². The zero-order valence-electron chi connectivity index (χ0n) is 10.0. The summed E-state index contributed by atoms with van der Waals surface area (Å²) in [4.78, 5) is 14.6. The number of ether oxygens (including phenoxy) is 3. The van der Waals surface area contributed by atoms with Gasteiger partial charge in [0.1, 0.15) is 37.5 Å². The van der Waals surface area contributed by atoms with Crippen LogP contribution >= 0.6 is 0 Å². The molecule has 1 amide bonds. The van der Waals surface area contributed by atoms with Gasteiger partial charge in [-0.05, 0) is 0 Å². The molecular weight excluding hydrogens is 256 g/mol. The molecule has 1 aromatic heterocycles. The third kappa shape index (κ3) is 2.32. The fraction of sp³-hybridized carbons (Fsp3) is 0.700. The van der Waals surface area contributed by atoms with Gasteiger partial charge in [-0.15, -0.1) is 5.10 Å².